The third kappa shape index (κ3) is 6.86. The molecule has 3 aromatic carbocycles. The molecule has 3 heterocycles. The molecule has 2 aliphatic rings. The van der Waals surface area contributed by atoms with Gasteiger partial charge in [-0.25, -0.2) is 9.78 Å². The van der Waals surface area contributed by atoms with Crippen molar-refractivity contribution in [2.24, 2.45) is 5.92 Å². The number of nitrogens with zero attached hydrogens (tertiary/aromatic N) is 3. The van der Waals surface area contributed by atoms with Gasteiger partial charge in [-0.15, -0.1) is 11.3 Å². The number of hydrogen-bond donors (Lipinski definition) is 3. The molecular formula is C34H35N5O7S. The smallest absolute Gasteiger partial charge is 0.321 e. The Labute approximate surface area is 275 Å². The molecule has 13 heteroatoms. The van der Waals surface area contributed by atoms with Crippen molar-refractivity contribution in [1.29, 1.82) is 0 Å². The number of likely N-dealkylation sites (N-methyl/N-ethyl adjacent to an activating group) is 1. The Bertz CT molecular complexity index is 1770. The van der Waals surface area contributed by atoms with Gasteiger partial charge in [-0.3, -0.25) is 9.59 Å². The summed E-state index contributed by atoms with van der Waals surface area (Å²) >= 11 is 1.51. The number of carbonyl (C=O) groups is 3. The van der Waals surface area contributed by atoms with Crippen molar-refractivity contribution in [3.05, 3.63) is 83.4 Å². The zero-order valence-corrected chi connectivity index (χ0v) is 27.0. The maximum Gasteiger partial charge on any atom is 0.321 e. The van der Waals surface area contributed by atoms with E-state index in [4.69, 9.17) is 14.2 Å². The SMILES string of the molecule is C[C@H]1CN([C@@H](C)CO)C(=O)c2cccc(NC(=O)c3ccc(-c4nccs4)cc3)c2O[C@@H]1CN(C)C(=O)Nc1ccc2c(c1)OCO2. The van der Waals surface area contributed by atoms with E-state index < -0.39 is 12.1 Å². The van der Waals surface area contributed by atoms with E-state index in [9.17, 15) is 19.5 Å². The van der Waals surface area contributed by atoms with Gasteiger partial charge in [-0.1, -0.05) is 25.1 Å². The first kappa shape index (κ1) is 31.8. The second-order valence-electron chi connectivity index (χ2n) is 11.6. The highest BCUT2D eigenvalue weighted by Crippen LogP contribution is 2.36. The van der Waals surface area contributed by atoms with E-state index in [0.29, 0.717) is 28.4 Å². The van der Waals surface area contributed by atoms with E-state index in [1.54, 1.807) is 73.6 Å². The van der Waals surface area contributed by atoms with Crippen LogP contribution in [0.5, 0.6) is 17.2 Å². The van der Waals surface area contributed by atoms with Crippen LogP contribution in [0.1, 0.15) is 34.6 Å². The second kappa shape index (κ2) is 13.7. The Morgan fingerprint density at radius 2 is 1.89 bits per heavy atom. The normalized spacial score (nSPS) is 17.5. The number of fused-ring (bicyclic) bond motifs is 2. The van der Waals surface area contributed by atoms with Gasteiger partial charge in [0.25, 0.3) is 11.8 Å². The number of aliphatic hydroxyl groups is 1. The highest BCUT2D eigenvalue weighted by Gasteiger charge is 2.35. The van der Waals surface area contributed by atoms with E-state index in [1.165, 1.54) is 16.2 Å². The predicted octanol–water partition coefficient (Wildman–Crippen LogP) is 5.18. The van der Waals surface area contributed by atoms with E-state index in [0.717, 1.165) is 10.6 Å². The molecule has 6 rings (SSSR count). The van der Waals surface area contributed by atoms with Crippen LogP contribution in [0.4, 0.5) is 16.2 Å². The van der Waals surface area contributed by atoms with Crippen molar-refractivity contribution in [3.8, 4) is 27.8 Å². The van der Waals surface area contributed by atoms with Gasteiger partial charge in [0.1, 0.15) is 11.1 Å². The van der Waals surface area contributed by atoms with Gasteiger partial charge >= 0.3 is 6.03 Å². The van der Waals surface area contributed by atoms with E-state index in [1.807, 2.05) is 24.4 Å². The number of anilines is 2. The number of hydrogen-bond acceptors (Lipinski definition) is 9. The summed E-state index contributed by atoms with van der Waals surface area (Å²) in [5.74, 6) is 0.383. The van der Waals surface area contributed by atoms with Gasteiger partial charge < -0.3 is 39.8 Å². The minimum absolute atomic E-state index is 0.126. The van der Waals surface area contributed by atoms with Crippen LogP contribution < -0.4 is 24.8 Å². The lowest BCUT2D eigenvalue weighted by atomic mass is 9.99. The van der Waals surface area contributed by atoms with Crippen LogP contribution in [0.25, 0.3) is 10.6 Å². The van der Waals surface area contributed by atoms with Crippen molar-refractivity contribution in [2.75, 3.05) is 44.2 Å². The molecule has 0 aliphatic carbocycles. The van der Waals surface area contributed by atoms with Gasteiger partial charge in [-0.2, -0.15) is 0 Å². The van der Waals surface area contributed by atoms with Crippen LogP contribution >= 0.6 is 11.3 Å². The molecule has 0 saturated heterocycles. The zero-order valence-electron chi connectivity index (χ0n) is 26.1. The number of urea groups is 1. The Hall–Kier alpha value is -5.14. The number of benzene rings is 3. The number of rotatable bonds is 8. The van der Waals surface area contributed by atoms with Crippen molar-refractivity contribution in [1.82, 2.24) is 14.8 Å². The average Bonchev–Trinajstić information content (AvgIpc) is 3.79. The minimum atomic E-state index is -0.585. The largest absolute Gasteiger partial charge is 0.485 e. The molecule has 0 spiro atoms. The summed E-state index contributed by atoms with van der Waals surface area (Å²) in [4.78, 5) is 47.9. The molecule has 0 radical (unpaired) electrons. The van der Waals surface area contributed by atoms with Gasteiger partial charge in [0, 0.05) is 54.0 Å². The maximum atomic E-state index is 13.8. The molecule has 2 aliphatic heterocycles. The minimum Gasteiger partial charge on any atom is -0.485 e. The van der Waals surface area contributed by atoms with Crippen LogP contribution in [0.3, 0.4) is 0 Å². The Balaban J connectivity index is 1.25. The third-order valence-electron chi connectivity index (χ3n) is 8.19. The molecule has 0 unspecified atom stereocenters. The van der Waals surface area contributed by atoms with Crippen molar-refractivity contribution in [2.45, 2.75) is 26.0 Å². The summed E-state index contributed by atoms with van der Waals surface area (Å²) in [5, 5.41) is 18.5. The van der Waals surface area contributed by atoms with E-state index in [-0.39, 0.29) is 61.6 Å². The number of para-hydroxylation sites is 1. The summed E-state index contributed by atoms with van der Waals surface area (Å²) in [6.07, 6.45) is 1.14. The molecule has 3 atom stereocenters. The molecule has 0 fully saturated rings. The van der Waals surface area contributed by atoms with Crippen LogP contribution in [0.15, 0.2) is 72.2 Å². The summed E-state index contributed by atoms with van der Waals surface area (Å²) in [7, 11) is 1.65. The van der Waals surface area contributed by atoms with Crippen molar-refractivity contribution >= 4 is 40.6 Å². The van der Waals surface area contributed by atoms with Crippen molar-refractivity contribution < 1.29 is 33.7 Å². The number of ether oxygens (including phenoxy) is 3. The number of carbonyl (C=O) groups excluding carboxylic acids is 3. The quantitative estimate of drug-likeness (QED) is 0.236. The molecule has 4 aromatic rings. The van der Waals surface area contributed by atoms with Gasteiger partial charge in [0.15, 0.2) is 17.2 Å². The lowest BCUT2D eigenvalue weighted by Gasteiger charge is -2.38. The fourth-order valence-electron chi connectivity index (χ4n) is 5.43. The van der Waals surface area contributed by atoms with Gasteiger partial charge in [0.2, 0.25) is 6.79 Å². The molecule has 47 heavy (non-hydrogen) atoms. The molecule has 4 amide bonds. The average molecular weight is 658 g/mol. The first-order valence-electron chi connectivity index (χ1n) is 15.2. The van der Waals surface area contributed by atoms with E-state index in [2.05, 4.69) is 15.6 Å². The van der Waals surface area contributed by atoms with Gasteiger partial charge in [0.05, 0.1) is 30.4 Å². The summed E-state index contributed by atoms with van der Waals surface area (Å²) in [5.41, 5.74) is 2.42. The molecule has 3 N–H and O–H groups in total. The summed E-state index contributed by atoms with van der Waals surface area (Å²) < 4.78 is 17.3. The molecule has 12 nitrogen and oxygen atoms in total. The summed E-state index contributed by atoms with van der Waals surface area (Å²) in [6.45, 7) is 4.03. The molecular weight excluding hydrogens is 622 g/mol. The van der Waals surface area contributed by atoms with Crippen LogP contribution in [0.2, 0.25) is 0 Å². The molecule has 0 saturated carbocycles. The zero-order chi connectivity index (χ0) is 33.1. The second-order valence-corrected chi connectivity index (χ2v) is 12.4. The Kier molecular flexibility index (Phi) is 9.27. The first-order chi connectivity index (χ1) is 22.7. The summed E-state index contributed by atoms with van der Waals surface area (Å²) in [6, 6.07) is 16.4. The number of aliphatic hydroxyl groups excluding tert-OH is 1. The van der Waals surface area contributed by atoms with Crippen LogP contribution in [0, 0.1) is 5.92 Å². The Morgan fingerprint density at radius 1 is 1.11 bits per heavy atom. The number of aromatic nitrogens is 1. The molecule has 0 bridgehead atoms. The topological polar surface area (TPSA) is 143 Å². The van der Waals surface area contributed by atoms with Crippen LogP contribution in [-0.2, 0) is 0 Å². The van der Waals surface area contributed by atoms with Crippen LogP contribution in [-0.4, -0.2) is 83.4 Å². The number of amides is 4. The first-order valence-corrected chi connectivity index (χ1v) is 16.0. The van der Waals surface area contributed by atoms with Crippen molar-refractivity contribution in [3.63, 3.8) is 0 Å². The Morgan fingerprint density at radius 3 is 2.64 bits per heavy atom. The molecule has 244 valence electrons. The fourth-order valence-corrected chi connectivity index (χ4v) is 6.07. The number of nitrogens with one attached hydrogen (secondary N) is 2. The lowest BCUT2D eigenvalue weighted by Crippen LogP contribution is -2.50. The molecule has 1 aromatic heterocycles. The number of thiazole rings is 1. The highest BCUT2D eigenvalue weighted by atomic mass is 32.1. The maximum absolute atomic E-state index is 13.8. The predicted molar refractivity (Wildman–Crippen MR) is 177 cm³/mol. The fraction of sp³-hybridized carbons (Fsp3) is 0.294. The highest BCUT2D eigenvalue weighted by molar-refractivity contribution is 7.13. The third-order valence-corrected chi connectivity index (χ3v) is 9.01. The lowest BCUT2D eigenvalue weighted by molar-refractivity contribution is 0.0372. The standard InChI is InChI=1S/C34H35N5O7S/c1-20-16-39(21(2)18-40)33(42)25-5-4-6-26(37-31(41)22-7-9-23(10-8-22)32-35-13-14-47-32)30(25)46-29(20)17-38(3)34(43)36-24-11-12-27-28(15-24)45-19-44-27/h4-15,20-21,29,40H,16-19H2,1-3H3,(H,36,43)(H,37,41)/t20-,21-,29+/m0/s1. The van der Waals surface area contributed by atoms with Gasteiger partial charge in [-0.05, 0) is 43.3 Å². The monoisotopic (exact) mass is 657 g/mol. The van der Waals surface area contributed by atoms with E-state index >= 15 is 0 Å².